The van der Waals surface area contributed by atoms with Crippen LogP contribution in [0.3, 0.4) is 0 Å². The van der Waals surface area contributed by atoms with E-state index in [9.17, 15) is 179 Å². The molecule has 2 aromatic heterocycles. The van der Waals surface area contributed by atoms with Crippen LogP contribution in [-0.2, 0) is 68.9 Å². The highest BCUT2D eigenvalue weighted by Crippen LogP contribution is 2.26. The largest absolute Gasteiger partial charge is 0.481 e. The molecule has 0 spiro atoms. The van der Waals surface area contributed by atoms with Gasteiger partial charge in [0.1, 0.15) is 66.7 Å². The summed E-state index contributed by atoms with van der Waals surface area (Å²) in [6.45, 7) is -4.33. The van der Waals surface area contributed by atoms with Crippen molar-refractivity contribution in [1.82, 2.24) is 46.5 Å². The number of carboxylic acids is 5. The van der Waals surface area contributed by atoms with Crippen molar-refractivity contribution in [1.29, 1.82) is 0 Å². The molecular weight excluding hydrogens is 1490 g/mol. The van der Waals surface area contributed by atoms with E-state index in [1.807, 2.05) is 10.6 Å². The van der Waals surface area contributed by atoms with Crippen LogP contribution in [0.1, 0.15) is 87.2 Å². The third kappa shape index (κ3) is 28.0. The van der Waals surface area contributed by atoms with Crippen LogP contribution in [0.4, 0.5) is 11.6 Å². The van der Waals surface area contributed by atoms with Crippen molar-refractivity contribution >= 4 is 105 Å². The van der Waals surface area contributed by atoms with Gasteiger partial charge in [-0.25, -0.2) is 19.6 Å². The van der Waals surface area contributed by atoms with Crippen LogP contribution in [0, 0.1) is 23.7 Å². The lowest BCUT2D eigenvalue weighted by atomic mass is 9.85. The van der Waals surface area contributed by atoms with E-state index in [0.29, 0.717) is 5.69 Å². The predicted molar refractivity (Wildman–Crippen MR) is 360 cm³/mol. The minimum Gasteiger partial charge on any atom is -0.481 e. The number of aliphatic hydroxyl groups is 16. The number of carboxylic acid groups (broad SMARTS) is 5. The highest BCUT2D eigenvalue weighted by atomic mass is 16.4. The van der Waals surface area contributed by atoms with Gasteiger partial charge in [0.2, 0.25) is 29.6 Å². The first-order valence-corrected chi connectivity index (χ1v) is 33.2. The molecule has 21 atom stereocenters. The standard InChI is InChI=1S/C63H89N11O36/c1-2-30(61(107)108)68-57(103)27(47(94)51(98)39(84)19-76)10-35(80)33(14-43(89)90)71-59(105)29(49(96)53(100)41(86)21-78)12-37(82)34(15-44(91)92)72-58(104)28(48(95)52(99)40(85)20-77)11-36(81)32(13-42(87)88)70-56(102)26(46(93)50(97)38(83)18-75)9-25(79)7-8-31(62(109)110)69-55(101)22-3-5-23(6-4-22)65-16-24-17-66-54-45(67-24)60(106)74-63(64)73-54/h3-6,17,26-34,38-41,46-53,65,75-78,83-86,93-100H,2,7-16,18-21H2,1H3,(H,68,103)(H,69,101)(H,70,102)(H,71,105)(H,72,104)(H,87,88)(H,89,90)(H,91,92)(H,107,108)(H,109,110)(H3,64,66,73,74,106)/t26?,27?,28?,29?,30-,31+,32+,33-,34-,38-,39-,40-,41-,46-,47-,48-,49-,50-,51-,52-,53-/m1/s1. The lowest BCUT2D eigenvalue weighted by molar-refractivity contribution is -0.150. The Morgan fingerprint density at radius 2 is 0.791 bits per heavy atom. The Balaban J connectivity index is 2.01. The summed E-state index contributed by atoms with van der Waals surface area (Å²) in [6, 6.07) is -6.17. The number of aromatic amines is 1. The normalized spacial score (nSPS) is 17.3. The Morgan fingerprint density at radius 3 is 1.12 bits per heavy atom. The van der Waals surface area contributed by atoms with Crippen molar-refractivity contribution < 1.29 is 174 Å². The fourth-order valence-corrected chi connectivity index (χ4v) is 10.7. The summed E-state index contributed by atoms with van der Waals surface area (Å²) in [6.07, 6.45) is -43.2. The Hall–Kier alpha value is -10.2. The summed E-state index contributed by atoms with van der Waals surface area (Å²) in [5, 5.41) is 229. The third-order valence-corrected chi connectivity index (χ3v) is 17.1. The van der Waals surface area contributed by atoms with Gasteiger partial charge in [0.15, 0.2) is 28.5 Å². The number of nitrogens with one attached hydrogen (secondary N) is 7. The zero-order chi connectivity index (χ0) is 83.5. The molecule has 4 unspecified atom stereocenters. The monoisotopic (exact) mass is 1580 g/mol. The average Bonchev–Trinajstić information content (AvgIpc) is 0.821. The number of fused-ring (bicyclic) bond motifs is 1. The molecule has 3 rings (SSSR count). The highest BCUT2D eigenvalue weighted by molar-refractivity contribution is 6.01. The fourth-order valence-electron chi connectivity index (χ4n) is 10.7. The number of aromatic nitrogens is 4. The molecule has 2 heterocycles. The summed E-state index contributed by atoms with van der Waals surface area (Å²) < 4.78 is 0. The smallest absolute Gasteiger partial charge is 0.326 e. The number of hydrogen-bond donors (Lipinski definition) is 29. The minimum atomic E-state index is -2.93. The molecule has 110 heavy (non-hydrogen) atoms. The number of nitrogen functional groups attached to an aromatic ring is 1. The Labute approximate surface area is 618 Å². The van der Waals surface area contributed by atoms with E-state index < -0.39 is 299 Å². The van der Waals surface area contributed by atoms with E-state index in [2.05, 4.69) is 30.6 Å². The lowest BCUT2D eigenvalue weighted by Crippen LogP contribution is -2.56. The van der Waals surface area contributed by atoms with E-state index in [1.54, 1.807) is 10.6 Å². The van der Waals surface area contributed by atoms with Crippen LogP contribution in [-0.4, -0.2) is 340 Å². The minimum absolute atomic E-state index is 0.00632. The number of nitrogens with zero attached hydrogens (tertiary/aromatic N) is 3. The van der Waals surface area contributed by atoms with Gasteiger partial charge in [-0.1, -0.05) is 6.92 Å². The zero-order valence-corrected chi connectivity index (χ0v) is 58.1. The third-order valence-electron chi connectivity index (χ3n) is 17.1. The molecule has 5 amide bonds. The first-order valence-electron chi connectivity index (χ1n) is 33.2. The molecule has 3 aromatic rings. The second-order valence-electron chi connectivity index (χ2n) is 25.2. The topological polar surface area (TPSA) is 834 Å². The van der Waals surface area contributed by atoms with Crippen molar-refractivity contribution in [3.05, 3.63) is 52.1 Å². The van der Waals surface area contributed by atoms with E-state index in [4.69, 9.17) is 5.73 Å². The van der Waals surface area contributed by atoms with E-state index in [-0.39, 0.29) is 41.3 Å². The van der Waals surface area contributed by atoms with Crippen LogP contribution in [0.5, 0.6) is 0 Å². The van der Waals surface area contributed by atoms with Crippen LogP contribution in [0.15, 0.2) is 35.3 Å². The Morgan fingerprint density at radius 1 is 0.445 bits per heavy atom. The Bertz CT molecular complexity index is 3780. The zero-order valence-electron chi connectivity index (χ0n) is 58.1. The molecule has 0 aliphatic rings. The van der Waals surface area contributed by atoms with Crippen LogP contribution in [0.25, 0.3) is 11.2 Å². The maximum atomic E-state index is 14.4. The molecule has 0 radical (unpaired) electrons. The van der Waals surface area contributed by atoms with Gasteiger partial charge >= 0.3 is 29.8 Å². The number of amides is 5. The van der Waals surface area contributed by atoms with Gasteiger partial charge in [-0.15, -0.1) is 0 Å². The highest BCUT2D eigenvalue weighted by Gasteiger charge is 2.46. The molecule has 612 valence electrons. The summed E-state index contributed by atoms with van der Waals surface area (Å²) in [4.78, 5) is 214. The molecule has 47 heteroatoms. The van der Waals surface area contributed by atoms with E-state index in [1.165, 1.54) is 37.4 Å². The second kappa shape index (κ2) is 44.4. The molecule has 0 saturated carbocycles. The fraction of sp³-hybridized carbons (Fsp3) is 0.587. The number of benzene rings is 1. The maximum Gasteiger partial charge on any atom is 0.326 e. The number of carbonyl (C=O) groups excluding carboxylic acids is 9. The van der Waals surface area contributed by atoms with Crippen LogP contribution in [0.2, 0.25) is 0 Å². The molecule has 30 N–H and O–H groups in total. The SMILES string of the molecule is CC[C@@H](NC(=O)C(CC(=O)[C@@H](CC(=O)O)NC(=O)C(CC(=O)[C@@H](CC(=O)O)NC(=O)C(CC(=O)[C@H](CC(=O)O)NC(=O)C(CC(=O)CC[C@H](NC(=O)c1ccc(NCc2cnc3nc(N)[nH]c(=O)c3n2)cc1)C(=O)O)[C@@H](O)[C@H](O)[C@H](O)CO)[C@@H](O)[C@H](O)[C@H](O)CO)[C@@H](O)[C@H](O)[C@H](O)CO)[C@@H](O)[C@H](O)[C@H](O)CO)C(=O)O. The number of Topliss-reactive ketones (excluding diaryl/α,β-unsaturated/α-hetero) is 4. The number of nitrogens with two attached hydrogens (primary N) is 1. The van der Waals surface area contributed by atoms with Crippen LogP contribution >= 0.6 is 0 Å². The lowest BCUT2D eigenvalue weighted by Gasteiger charge is -2.32. The number of ketones is 4. The summed E-state index contributed by atoms with van der Waals surface area (Å²) in [7, 11) is 0. The van der Waals surface area contributed by atoms with Crippen molar-refractivity contribution in [3.8, 4) is 0 Å². The first kappa shape index (κ1) is 94.0. The number of hydrogen-bond acceptors (Lipinski definition) is 36. The summed E-state index contributed by atoms with van der Waals surface area (Å²) >= 11 is 0. The maximum absolute atomic E-state index is 14.4. The molecule has 1 aromatic carbocycles. The van der Waals surface area contributed by atoms with Crippen LogP contribution < -0.4 is 43.2 Å². The predicted octanol–water partition coefficient (Wildman–Crippen LogP) is -12.7. The molecule has 47 nitrogen and oxygen atoms in total. The Kier molecular flexibility index (Phi) is 38.0. The number of carbonyl (C=O) groups is 14. The quantitative estimate of drug-likeness (QED) is 0.0250. The van der Waals surface area contributed by atoms with Crippen molar-refractivity contribution in [2.75, 3.05) is 37.5 Å². The van der Waals surface area contributed by atoms with E-state index in [0.717, 1.165) is 0 Å². The molecule has 0 aliphatic heterocycles. The van der Waals surface area contributed by atoms with Crippen molar-refractivity contribution in [2.45, 2.75) is 181 Å². The van der Waals surface area contributed by atoms with Crippen molar-refractivity contribution in [3.63, 3.8) is 0 Å². The average molecular weight is 1580 g/mol. The van der Waals surface area contributed by atoms with Crippen molar-refractivity contribution in [2.24, 2.45) is 23.7 Å². The molecule has 0 fully saturated rings. The van der Waals surface area contributed by atoms with Gasteiger partial charge in [-0.05, 0) is 37.1 Å². The second-order valence-corrected chi connectivity index (χ2v) is 25.2. The van der Waals surface area contributed by atoms with Gasteiger partial charge in [0.05, 0.1) is 130 Å². The number of H-pyrrole nitrogens is 1. The molecule has 0 aliphatic carbocycles. The van der Waals surface area contributed by atoms with Gasteiger partial charge in [0, 0.05) is 43.4 Å². The molecular formula is C63H89N11O36. The van der Waals surface area contributed by atoms with Gasteiger partial charge < -0.3 is 145 Å². The summed E-state index contributed by atoms with van der Waals surface area (Å²) in [5.74, 6) is -34.7. The van der Waals surface area contributed by atoms with Gasteiger partial charge in [0.25, 0.3) is 11.5 Å². The number of anilines is 2. The summed E-state index contributed by atoms with van der Waals surface area (Å²) in [5.41, 5.74) is 5.26. The van der Waals surface area contributed by atoms with Gasteiger partial charge in [-0.2, -0.15) is 4.98 Å². The number of aliphatic hydroxyl groups excluding tert-OH is 16. The number of rotatable bonds is 52. The van der Waals surface area contributed by atoms with E-state index >= 15 is 0 Å². The first-order chi connectivity index (χ1) is 51.5. The van der Waals surface area contributed by atoms with Gasteiger partial charge in [-0.3, -0.25) is 67.3 Å². The number of aliphatic carboxylic acids is 5. The molecule has 0 saturated heterocycles. The molecule has 0 bridgehead atoms.